The van der Waals surface area contributed by atoms with E-state index >= 15 is 0 Å². The van der Waals surface area contributed by atoms with Gasteiger partial charge in [0.05, 0.1) is 5.69 Å². The molecule has 2 rings (SSSR count). The highest BCUT2D eigenvalue weighted by Gasteiger charge is 2.23. The minimum Gasteiger partial charge on any atom is -0.336 e. The van der Waals surface area contributed by atoms with Gasteiger partial charge in [0.2, 0.25) is 0 Å². The zero-order valence-corrected chi connectivity index (χ0v) is 12.9. The van der Waals surface area contributed by atoms with Crippen molar-refractivity contribution in [1.82, 2.24) is 20.0 Å². The molecule has 1 unspecified atom stereocenters. The maximum atomic E-state index is 12.7. The summed E-state index contributed by atoms with van der Waals surface area (Å²) in [4.78, 5) is 14.6. The van der Waals surface area contributed by atoms with Crippen LogP contribution in [0.5, 0.6) is 0 Å². The third kappa shape index (κ3) is 3.39. The molecule has 0 bridgehead atoms. The smallest absolute Gasteiger partial charge is 0.272 e. The second kappa shape index (κ2) is 6.88. The van der Waals surface area contributed by atoms with Gasteiger partial charge in [0.25, 0.3) is 5.91 Å². The van der Waals surface area contributed by atoms with Gasteiger partial charge in [-0.15, -0.1) is 0 Å². The number of hydrogen-bond donors (Lipinski definition) is 1. The molecule has 20 heavy (non-hydrogen) atoms. The summed E-state index contributed by atoms with van der Waals surface area (Å²) in [6.07, 6.45) is 3.67. The van der Waals surface area contributed by atoms with Crippen molar-refractivity contribution in [1.29, 1.82) is 0 Å². The lowest BCUT2D eigenvalue weighted by Gasteiger charge is -2.30. The number of likely N-dealkylation sites (N-methyl/N-ethyl adjacent to an activating group) is 1. The third-order valence-electron chi connectivity index (χ3n) is 3.94. The van der Waals surface area contributed by atoms with Gasteiger partial charge in [0.15, 0.2) is 0 Å². The van der Waals surface area contributed by atoms with Crippen LogP contribution in [-0.2, 0) is 6.54 Å². The highest BCUT2D eigenvalue weighted by molar-refractivity contribution is 5.92. The van der Waals surface area contributed by atoms with E-state index in [9.17, 15) is 4.79 Å². The fourth-order valence-electron chi connectivity index (χ4n) is 2.82. The molecular formula is C15H26N4O. The van der Waals surface area contributed by atoms with Crippen molar-refractivity contribution in [2.24, 2.45) is 0 Å². The lowest BCUT2D eigenvalue weighted by molar-refractivity contribution is 0.0729. The maximum Gasteiger partial charge on any atom is 0.272 e. The van der Waals surface area contributed by atoms with Crippen LogP contribution in [0.4, 0.5) is 0 Å². The fourth-order valence-corrected chi connectivity index (χ4v) is 2.82. The molecule has 2 heterocycles. The van der Waals surface area contributed by atoms with Crippen LogP contribution in [0.15, 0.2) is 6.07 Å². The fraction of sp³-hybridized carbons (Fsp3) is 0.733. The van der Waals surface area contributed by atoms with E-state index in [1.54, 1.807) is 4.68 Å². The molecule has 0 aromatic carbocycles. The van der Waals surface area contributed by atoms with E-state index < -0.39 is 0 Å². The van der Waals surface area contributed by atoms with Crippen LogP contribution < -0.4 is 5.32 Å². The standard InChI is InChI=1S/C15H26N4O/c1-4-18(11-13-8-6-7-9-16-13)15(20)14-10-12(3)17-19(14)5-2/h10,13,16H,4-9,11H2,1-3H3. The Morgan fingerprint density at radius 1 is 1.50 bits per heavy atom. The maximum absolute atomic E-state index is 12.7. The third-order valence-corrected chi connectivity index (χ3v) is 3.94. The highest BCUT2D eigenvalue weighted by atomic mass is 16.2. The first-order valence-electron chi connectivity index (χ1n) is 7.72. The number of carbonyl (C=O) groups excluding carboxylic acids is 1. The van der Waals surface area contributed by atoms with Gasteiger partial charge < -0.3 is 10.2 Å². The SMILES string of the molecule is CCN(CC1CCCCN1)C(=O)c1cc(C)nn1CC. The number of rotatable bonds is 5. The largest absolute Gasteiger partial charge is 0.336 e. The molecular weight excluding hydrogens is 252 g/mol. The van der Waals surface area contributed by atoms with E-state index in [1.807, 2.05) is 31.7 Å². The molecule has 1 amide bonds. The summed E-state index contributed by atoms with van der Waals surface area (Å²) in [6.45, 7) is 9.33. The van der Waals surface area contributed by atoms with Crippen LogP contribution in [0, 0.1) is 6.92 Å². The van der Waals surface area contributed by atoms with Gasteiger partial charge in [0.1, 0.15) is 5.69 Å². The molecule has 5 nitrogen and oxygen atoms in total. The Labute approximate surface area is 121 Å². The van der Waals surface area contributed by atoms with Gasteiger partial charge in [-0.2, -0.15) is 5.10 Å². The van der Waals surface area contributed by atoms with Crippen molar-refractivity contribution in [3.8, 4) is 0 Å². The average molecular weight is 278 g/mol. The van der Waals surface area contributed by atoms with Crippen molar-refractivity contribution in [2.75, 3.05) is 19.6 Å². The van der Waals surface area contributed by atoms with Gasteiger partial charge in [-0.3, -0.25) is 9.48 Å². The predicted molar refractivity (Wildman–Crippen MR) is 79.9 cm³/mol. The Bertz CT molecular complexity index is 449. The minimum absolute atomic E-state index is 0.0994. The highest BCUT2D eigenvalue weighted by Crippen LogP contribution is 2.12. The number of hydrogen-bond acceptors (Lipinski definition) is 3. The normalized spacial score (nSPS) is 19.1. The summed E-state index contributed by atoms with van der Waals surface area (Å²) in [7, 11) is 0. The minimum atomic E-state index is 0.0994. The van der Waals surface area contributed by atoms with Gasteiger partial charge in [-0.25, -0.2) is 0 Å². The Morgan fingerprint density at radius 3 is 2.90 bits per heavy atom. The van der Waals surface area contributed by atoms with Crippen molar-refractivity contribution in [3.63, 3.8) is 0 Å². The topological polar surface area (TPSA) is 50.2 Å². The Hall–Kier alpha value is -1.36. The summed E-state index contributed by atoms with van der Waals surface area (Å²) in [6, 6.07) is 2.33. The quantitative estimate of drug-likeness (QED) is 0.894. The van der Waals surface area contributed by atoms with E-state index in [1.165, 1.54) is 12.8 Å². The van der Waals surface area contributed by atoms with Crippen molar-refractivity contribution < 1.29 is 4.79 Å². The van der Waals surface area contributed by atoms with E-state index in [-0.39, 0.29) is 5.91 Å². The van der Waals surface area contributed by atoms with Gasteiger partial charge in [-0.05, 0) is 46.2 Å². The molecule has 1 aromatic heterocycles. The van der Waals surface area contributed by atoms with Crippen LogP contribution in [0.2, 0.25) is 0 Å². The first-order valence-corrected chi connectivity index (χ1v) is 7.72. The first kappa shape index (κ1) is 15.0. The molecule has 1 aliphatic rings. The summed E-state index contributed by atoms with van der Waals surface area (Å²) < 4.78 is 1.80. The van der Waals surface area contributed by atoms with E-state index in [2.05, 4.69) is 10.4 Å². The molecule has 112 valence electrons. The van der Waals surface area contributed by atoms with Crippen LogP contribution in [0.25, 0.3) is 0 Å². The van der Waals surface area contributed by atoms with Crippen molar-refractivity contribution in [3.05, 3.63) is 17.5 Å². The molecule has 1 aromatic rings. The van der Waals surface area contributed by atoms with Gasteiger partial charge >= 0.3 is 0 Å². The molecule has 5 heteroatoms. The summed E-state index contributed by atoms with van der Waals surface area (Å²) in [5.74, 6) is 0.0994. The number of aryl methyl sites for hydroxylation is 2. The average Bonchev–Trinajstić information content (AvgIpc) is 2.86. The van der Waals surface area contributed by atoms with Crippen LogP contribution in [0.1, 0.15) is 49.3 Å². The lowest BCUT2D eigenvalue weighted by atomic mass is 10.0. The predicted octanol–water partition coefficient (Wildman–Crippen LogP) is 1.82. The van der Waals surface area contributed by atoms with Crippen LogP contribution in [0.3, 0.4) is 0 Å². The summed E-state index contributed by atoms with van der Waals surface area (Å²) in [5.41, 5.74) is 1.62. The van der Waals surface area contributed by atoms with E-state index in [0.29, 0.717) is 11.7 Å². The molecule has 1 saturated heterocycles. The lowest BCUT2D eigenvalue weighted by Crippen LogP contribution is -2.46. The van der Waals surface area contributed by atoms with Crippen LogP contribution in [-0.4, -0.2) is 46.3 Å². The Balaban J connectivity index is 2.07. The molecule has 0 radical (unpaired) electrons. The number of nitrogens with one attached hydrogen (secondary N) is 1. The molecule has 1 aliphatic heterocycles. The molecule has 1 atom stereocenters. The number of piperidine rings is 1. The monoisotopic (exact) mass is 278 g/mol. The zero-order chi connectivity index (χ0) is 14.5. The molecule has 1 fully saturated rings. The first-order chi connectivity index (χ1) is 9.65. The number of aromatic nitrogens is 2. The summed E-state index contributed by atoms with van der Waals surface area (Å²) >= 11 is 0. The van der Waals surface area contributed by atoms with E-state index in [0.717, 1.165) is 38.3 Å². The molecule has 0 aliphatic carbocycles. The number of carbonyl (C=O) groups is 1. The Kier molecular flexibility index (Phi) is 5.17. The van der Waals surface area contributed by atoms with Crippen LogP contribution >= 0.6 is 0 Å². The zero-order valence-electron chi connectivity index (χ0n) is 12.9. The van der Waals surface area contributed by atoms with Gasteiger partial charge in [-0.1, -0.05) is 6.42 Å². The van der Waals surface area contributed by atoms with Crippen molar-refractivity contribution in [2.45, 2.75) is 52.6 Å². The second-order valence-corrected chi connectivity index (χ2v) is 5.48. The molecule has 0 saturated carbocycles. The number of amides is 1. The summed E-state index contributed by atoms with van der Waals surface area (Å²) in [5, 5.41) is 7.87. The Morgan fingerprint density at radius 2 is 2.30 bits per heavy atom. The van der Waals surface area contributed by atoms with Crippen molar-refractivity contribution >= 4 is 5.91 Å². The van der Waals surface area contributed by atoms with E-state index in [4.69, 9.17) is 0 Å². The van der Waals surface area contributed by atoms with Gasteiger partial charge in [0, 0.05) is 25.7 Å². The number of nitrogens with zero attached hydrogens (tertiary/aromatic N) is 3. The molecule has 1 N–H and O–H groups in total. The molecule has 0 spiro atoms. The second-order valence-electron chi connectivity index (χ2n) is 5.48.